The highest BCUT2D eigenvalue weighted by Crippen LogP contribution is 2.17. The first-order valence-electron chi connectivity index (χ1n) is 6.89. The van der Waals surface area contributed by atoms with Crippen molar-refractivity contribution in [3.63, 3.8) is 0 Å². The smallest absolute Gasteiger partial charge is 0.131 e. The van der Waals surface area contributed by atoms with E-state index in [4.69, 9.17) is 0 Å². The minimum atomic E-state index is 0.318. The summed E-state index contributed by atoms with van der Waals surface area (Å²) in [4.78, 5) is 9.12. The highest BCUT2D eigenvalue weighted by Gasteiger charge is 2.12. The first kappa shape index (κ1) is 15.1. The zero-order valence-corrected chi connectivity index (χ0v) is 13.7. The number of aromatic nitrogens is 4. The van der Waals surface area contributed by atoms with E-state index in [2.05, 4.69) is 57.1 Å². The molecular formula is C14H20BrN5. The Hall–Kier alpha value is -1.27. The lowest BCUT2D eigenvalue weighted by molar-refractivity contribution is 0.644. The van der Waals surface area contributed by atoms with Gasteiger partial charge >= 0.3 is 0 Å². The van der Waals surface area contributed by atoms with E-state index in [0.29, 0.717) is 5.92 Å². The first-order valence-corrected chi connectivity index (χ1v) is 7.68. The quantitative estimate of drug-likeness (QED) is 0.823. The Morgan fingerprint density at radius 1 is 1.35 bits per heavy atom. The largest absolute Gasteiger partial charge is 0.311 e. The van der Waals surface area contributed by atoms with Crippen LogP contribution in [-0.4, -0.2) is 26.3 Å². The molecule has 0 spiro atoms. The van der Waals surface area contributed by atoms with Gasteiger partial charge < -0.3 is 5.32 Å². The SMILES string of the molecule is CCCNCc1nc(C(C)C)ncc1-n1cc(Br)cn1. The summed E-state index contributed by atoms with van der Waals surface area (Å²) in [7, 11) is 0. The Kier molecular flexibility index (Phi) is 5.25. The molecule has 2 rings (SSSR count). The molecule has 0 aliphatic heterocycles. The third-order valence-electron chi connectivity index (χ3n) is 2.90. The van der Waals surface area contributed by atoms with Crippen molar-refractivity contribution >= 4 is 15.9 Å². The van der Waals surface area contributed by atoms with Gasteiger partial charge in [0, 0.05) is 18.7 Å². The molecule has 2 aromatic rings. The van der Waals surface area contributed by atoms with Gasteiger partial charge in [0.2, 0.25) is 0 Å². The van der Waals surface area contributed by atoms with Crippen LogP contribution in [0.4, 0.5) is 0 Å². The van der Waals surface area contributed by atoms with Crippen molar-refractivity contribution in [3.05, 3.63) is 34.6 Å². The summed E-state index contributed by atoms with van der Waals surface area (Å²) in [5.41, 5.74) is 1.90. The van der Waals surface area contributed by atoms with Gasteiger partial charge in [-0.25, -0.2) is 14.6 Å². The number of nitrogens with zero attached hydrogens (tertiary/aromatic N) is 4. The molecule has 20 heavy (non-hydrogen) atoms. The molecule has 2 heterocycles. The lowest BCUT2D eigenvalue weighted by Gasteiger charge is -2.12. The standard InChI is InChI=1S/C14H20BrN5/c1-4-5-16-7-12-13(20-9-11(15)6-18-20)8-17-14(19-12)10(2)3/h6,8-10,16H,4-5,7H2,1-3H3. The van der Waals surface area contributed by atoms with Gasteiger partial charge in [-0.3, -0.25) is 0 Å². The molecule has 0 saturated carbocycles. The minimum absolute atomic E-state index is 0.318. The van der Waals surface area contributed by atoms with Gasteiger partial charge in [-0.2, -0.15) is 5.10 Å². The fourth-order valence-corrected chi connectivity index (χ4v) is 2.13. The average molecular weight is 338 g/mol. The van der Waals surface area contributed by atoms with Crippen LogP contribution < -0.4 is 5.32 Å². The summed E-state index contributed by atoms with van der Waals surface area (Å²) in [5, 5.41) is 7.70. The average Bonchev–Trinajstić information content (AvgIpc) is 2.85. The van der Waals surface area contributed by atoms with E-state index in [-0.39, 0.29) is 0 Å². The highest BCUT2D eigenvalue weighted by atomic mass is 79.9. The molecule has 0 radical (unpaired) electrons. The van der Waals surface area contributed by atoms with Crippen LogP contribution in [-0.2, 0) is 6.54 Å². The first-order chi connectivity index (χ1) is 9.61. The van der Waals surface area contributed by atoms with Gasteiger partial charge in [-0.15, -0.1) is 0 Å². The second-order valence-corrected chi connectivity index (χ2v) is 5.91. The molecule has 0 unspecified atom stereocenters. The van der Waals surface area contributed by atoms with E-state index in [1.54, 1.807) is 10.9 Å². The lowest BCUT2D eigenvalue weighted by Crippen LogP contribution is -2.18. The maximum absolute atomic E-state index is 4.68. The zero-order valence-electron chi connectivity index (χ0n) is 12.1. The van der Waals surface area contributed by atoms with Crippen molar-refractivity contribution in [3.8, 4) is 5.69 Å². The molecule has 0 amide bonds. The summed E-state index contributed by atoms with van der Waals surface area (Å²) < 4.78 is 2.75. The molecule has 0 aromatic carbocycles. The van der Waals surface area contributed by atoms with E-state index in [1.165, 1.54) is 0 Å². The lowest BCUT2D eigenvalue weighted by atomic mass is 10.2. The fraction of sp³-hybridized carbons (Fsp3) is 0.500. The van der Waals surface area contributed by atoms with E-state index < -0.39 is 0 Å². The second-order valence-electron chi connectivity index (χ2n) is 4.99. The van der Waals surface area contributed by atoms with Crippen molar-refractivity contribution in [2.75, 3.05) is 6.54 Å². The maximum Gasteiger partial charge on any atom is 0.131 e. The Morgan fingerprint density at radius 2 is 2.15 bits per heavy atom. The van der Waals surface area contributed by atoms with Crippen molar-refractivity contribution < 1.29 is 0 Å². The maximum atomic E-state index is 4.68. The number of halogens is 1. The van der Waals surface area contributed by atoms with E-state index in [0.717, 1.165) is 41.2 Å². The molecule has 0 aliphatic carbocycles. The summed E-state index contributed by atoms with van der Waals surface area (Å²) in [6, 6.07) is 0. The predicted molar refractivity (Wildman–Crippen MR) is 82.9 cm³/mol. The molecule has 5 nitrogen and oxygen atoms in total. The molecule has 0 fully saturated rings. The van der Waals surface area contributed by atoms with Gasteiger partial charge in [0.25, 0.3) is 0 Å². The Labute approximate surface area is 128 Å². The van der Waals surface area contributed by atoms with Crippen LogP contribution in [0.1, 0.15) is 44.6 Å². The molecule has 0 atom stereocenters. The number of hydrogen-bond donors (Lipinski definition) is 1. The third-order valence-corrected chi connectivity index (χ3v) is 3.31. The van der Waals surface area contributed by atoms with Crippen LogP contribution >= 0.6 is 15.9 Å². The molecule has 2 aromatic heterocycles. The van der Waals surface area contributed by atoms with Crippen molar-refractivity contribution in [1.29, 1.82) is 0 Å². The van der Waals surface area contributed by atoms with Crippen LogP contribution in [0.15, 0.2) is 23.1 Å². The Morgan fingerprint density at radius 3 is 2.75 bits per heavy atom. The molecule has 0 bridgehead atoms. The van der Waals surface area contributed by atoms with Gasteiger partial charge in [0.1, 0.15) is 11.5 Å². The summed E-state index contributed by atoms with van der Waals surface area (Å²) >= 11 is 3.42. The summed E-state index contributed by atoms with van der Waals surface area (Å²) in [6.07, 6.45) is 6.63. The normalized spacial score (nSPS) is 11.2. The van der Waals surface area contributed by atoms with E-state index in [9.17, 15) is 0 Å². The third kappa shape index (κ3) is 3.64. The number of rotatable bonds is 6. The molecule has 1 N–H and O–H groups in total. The van der Waals surface area contributed by atoms with Gasteiger partial charge in [-0.05, 0) is 28.9 Å². The van der Waals surface area contributed by atoms with E-state index >= 15 is 0 Å². The van der Waals surface area contributed by atoms with Crippen LogP contribution in [0.5, 0.6) is 0 Å². The number of hydrogen-bond acceptors (Lipinski definition) is 4. The van der Waals surface area contributed by atoms with Gasteiger partial charge in [0.15, 0.2) is 0 Å². The Balaban J connectivity index is 2.33. The zero-order chi connectivity index (χ0) is 14.5. The molecule has 6 heteroatoms. The highest BCUT2D eigenvalue weighted by molar-refractivity contribution is 9.10. The van der Waals surface area contributed by atoms with Crippen LogP contribution in [0.3, 0.4) is 0 Å². The summed E-state index contributed by atoms with van der Waals surface area (Å²) in [5.74, 6) is 1.19. The Bertz CT molecular complexity index is 564. The van der Waals surface area contributed by atoms with Crippen molar-refractivity contribution in [1.82, 2.24) is 25.1 Å². The van der Waals surface area contributed by atoms with Gasteiger partial charge in [0.05, 0.1) is 22.6 Å². The molecule has 108 valence electrons. The predicted octanol–water partition coefficient (Wildman–Crippen LogP) is 3.05. The van der Waals surface area contributed by atoms with Crippen LogP contribution in [0.2, 0.25) is 0 Å². The van der Waals surface area contributed by atoms with Gasteiger partial charge in [-0.1, -0.05) is 20.8 Å². The second kappa shape index (κ2) is 6.95. The van der Waals surface area contributed by atoms with Crippen molar-refractivity contribution in [2.24, 2.45) is 0 Å². The summed E-state index contributed by atoms with van der Waals surface area (Å²) in [6.45, 7) is 8.05. The monoisotopic (exact) mass is 337 g/mol. The minimum Gasteiger partial charge on any atom is -0.311 e. The fourth-order valence-electron chi connectivity index (χ4n) is 1.84. The number of nitrogens with one attached hydrogen (secondary N) is 1. The topological polar surface area (TPSA) is 55.6 Å². The van der Waals surface area contributed by atoms with Crippen molar-refractivity contribution in [2.45, 2.75) is 39.7 Å². The van der Waals surface area contributed by atoms with Crippen LogP contribution in [0.25, 0.3) is 5.69 Å². The van der Waals surface area contributed by atoms with Crippen LogP contribution in [0, 0.1) is 0 Å². The molecule has 0 saturated heterocycles. The molecular weight excluding hydrogens is 318 g/mol. The molecule has 0 aliphatic rings. The van der Waals surface area contributed by atoms with E-state index in [1.807, 2.05) is 12.4 Å².